The lowest BCUT2D eigenvalue weighted by Crippen LogP contribution is -1.70. The summed E-state index contributed by atoms with van der Waals surface area (Å²) in [5.74, 6) is 0. The molecule has 0 saturated heterocycles. The van der Waals surface area contributed by atoms with Crippen molar-refractivity contribution in [1.29, 1.82) is 0 Å². The minimum atomic E-state index is 1.15. The molecule has 39 heavy (non-hydrogen) atoms. The Bertz CT molecular complexity index is 1290. The first-order chi connectivity index (χ1) is 18.4. The number of nitrogens with zero attached hydrogens (tertiary/aromatic N) is 2. The van der Waals surface area contributed by atoms with Gasteiger partial charge in [0.05, 0.1) is 10.0 Å². The quantitative estimate of drug-likeness (QED) is 0.170. The van der Waals surface area contributed by atoms with Gasteiger partial charge in [0.15, 0.2) is 0 Å². The van der Waals surface area contributed by atoms with Crippen LogP contribution < -0.4 is 0 Å². The summed E-state index contributed by atoms with van der Waals surface area (Å²) in [5.41, 5.74) is 2.66. The molecule has 0 saturated carbocycles. The van der Waals surface area contributed by atoms with Gasteiger partial charge in [0.25, 0.3) is 0 Å². The topological polar surface area (TPSA) is 25.8 Å². The van der Waals surface area contributed by atoms with E-state index in [1.54, 1.807) is 22.7 Å². The highest BCUT2D eigenvalue weighted by Crippen LogP contribution is 2.31. The average molecular weight is 613 g/mol. The van der Waals surface area contributed by atoms with Crippen molar-refractivity contribution >= 4 is 66.1 Å². The van der Waals surface area contributed by atoms with Crippen molar-refractivity contribution in [2.45, 2.75) is 69.2 Å². The molecular weight excluding hydrogens is 573 g/mol. The summed E-state index contributed by atoms with van der Waals surface area (Å²) < 4.78 is 2.89. The number of fused-ring (bicyclic) bond motifs is 1. The zero-order valence-corrected chi connectivity index (χ0v) is 28.8. The van der Waals surface area contributed by atoms with Crippen molar-refractivity contribution in [2.24, 2.45) is 0 Å². The van der Waals surface area contributed by atoms with Crippen molar-refractivity contribution < 1.29 is 0 Å². The van der Waals surface area contributed by atoms with Crippen LogP contribution in [0.3, 0.4) is 0 Å². The number of rotatable bonds is 0. The van der Waals surface area contributed by atoms with Crippen LogP contribution in [0.25, 0.3) is 9.40 Å². The smallest absolute Gasteiger partial charge is 0.0896 e. The van der Waals surface area contributed by atoms with Crippen molar-refractivity contribution in [3.05, 3.63) is 111 Å². The molecule has 7 heteroatoms. The van der Waals surface area contributed by atoms with E-state index in [4.69, 9.17) is 0 Å². The molecule has 6 aromatic rings. The summed E-state index contributed by atoms with van der Waals surface area (Å²) in [7, 11) is 0. The summed E-state index contributed by atoms with van der Waals surface area (Å²) in [4.78, 5) is 16.3. The number of thiazole rings is 2. The molecule has 0 unspecified atom stereocenters. The van der Waals surface area contributed by atoms with E-state index < -0.39 is 0 Å². The van der Waals surface area contributed by atoms with Crippen LogP contribution in [0.5, 0.6) is 0 Å². The predicted octanol–water partition coefficient (Wildman–Crippen LogP) is 11.8. The van der Waals surface area contributed by atoms with Gasteiger partial charge in [-0.3, -0.25) is 0 Å². The fourth-order valence-corrected chi connectivity index (χ4v) is 7.58. The van der Waals surface area contributed by atoms with Crippen LogP contribution in [-0.4, -0.2) is 9.97 Å². The highest BCUT2D eigenvalue weighted by molar-refractivity contribution is 7.27. The Morgan fingerprint density at radius 1 is 0.385 bits per heavy atom. The maximum atomic E-state index is 4.03. The Balaban J connectivity index is 0.000000172. The van der Waals surface area contributed by atoms with Gasteiger partial charge in [-0.05, 0) is 93.5 Å². The maximum absolute atomic E-state index is 4.03. The first-order valence-electron chi connectivity index (χ1n) is 12.7. The van der Waals surface area contributed by atoms with Crippen molar-refractivity contribution in [3.63, 3.8) is 0 Å². The van der Waals surface area contributed by atoms with Gasteiger partial charge in [0, 0.05) is 51.1 Å². The van der Waals surface area contributed by atoms with Crippen molar-refractivity contribution in [1.82, 2.24) is 9.97 Å². The molecule has 0 aliphatic rings. The highest BCUT2D eigenvalue weighted by atomic mass is 32.1. The van der Waals surface area contributed by atoms with Gasteiger partial charge in [-0.1, -0.05) is 35.4 Å². The molecule has 0 bridgehead atoms. The molecule has 5 heterocycles. The summed E-state index contributed by atoms with van der Waals surface area (Å²) in [6.07, 6.45) is 3.78. The first-order valence-corrected chi connectivity index (χ1v) is 16.8. The van der Waals surface area contributed by atoms with Gasteiger partial charge < -0.3 is 0 Å². The minimum Gasteiger partial charge on any atom is -0.250 e. The molecule has 0 aliphatic carbocycles. The Morgan fingerprint density at radius 2 is 0.744 bits per heavy atom. The summed E-state index contributed by atoms with van der Waals surface area (Å²) in [6, 6.07) is 17.3. The van der Waals surface area contributed by atoms with E-state index in [-0.39, 0.29) is 0 Å². The van der Waals surface area contributed by atoms with Crippen LogP contribution in [-0.2, 0) is 0 Å². The molecule has 0 aliphatic heterocycles. The lowest BCUT2D eigenvalue weighted by Gasteiger charge is -1.90. The molecule has 0 atom stereocenters. The molecule has 0 radical (unpaired) electrons. The predicted molar refractivity (Wildman–Crippen MR) is 182 cm³/mol. The van der Waals surface area contributed by atoms with E-state index in [9.17, 15) is 0 Å². The molecule has 2 nitrogen and oxygen atoms in total. The fraction of sp³-hybridized carbons (Fsp3) is 0.312. The van der Waals surface area contributed by atoms with Gasteiger partial charge in [-0.15, -0.1) is 56.7 Å². The Morgan fingerprint density at radius 3 is 0.949 bits per heavy atom. The van der Waals surface area contributed by atoms with Gasteiger partial charge in [0.1, 0.15) is 0 Å². The molecule has 0 spiro atoms. The van der Waals surface area contributed by atoms with E-state index in [1.165, 1.54) is 49.8 Å². The Hall–Kier alpha value is -2.16. The van der Waals surface area contributed by atoms with Crippen LogP contribution >= 0.6 is 56.7 Å². The van der Waals surface area contributed by atoms with Crippen LogP contribution in [0.1, 0.15) is 50.4 Å². The summed E-state index contributed by atoms with van der Waals surface area (Å²) >= 11 is 9.07. The van der Waals surface area contributed by atoms with Crippen molar-refractivity contribution in [3.8, 4) is 0 Å². The number of benzene rings is 1. The maximum Gasteiger partial charge on any atom is 0.0896 e. The molecule has 208 valence electrons. The molecule has 0 amide bonds. The van der Waals surface area contributed by atoms with Gasteiger partial charge in [-0.25, -0.2) is 9.97 Å². The van der Waals surface area contributed by atoms with E-state index in [0.29, 0.717) is 0 Å². The fourth-order valence-electron chi connectivity index (χ4n) is 3.21. The molecular formula is C32H40N2S5. The standard InChI is InChI=1S/C8H8S2.C8H10.C6H8S.2C5H7NS/c1-5-3-7-8(9-5)4-6(2)10-7;1-7-3-5-8(2)6-4-7;1-5-3-4-6(2)7-5;2*1-4-3-6-5(2)7-4/h3-4H,1-2H3;3-6H,1-2H3;3-4H,1-2H3;2*3H,1-2H3. The summed E-state index contributed by atoms with van der Waals surface area (Å²) in [5, 5.41) is 2.30. The molecule has 6 rings (SSSR count). The molecule has 0 N–H and O–H groups in total. The van der Waals surface area contributed by atoms with Crippen molar-refractivity contribution in [2.75, 3.05) is 0 Å². The van der Waals surface area contributed by atoms with Gasteiger partial charge >= 0.3 is 0 Å². The average Bonchev–Trinajstić information content (AvgIpc) is 3.67. The SMILES string of the molecule is Cc1cc2sc(C)cc2s1.Cc1ccc(C)cc1.Cc1ccc(C)s1.Cc1cnc(C)s1.Cc1cnc(C)s1. The molecule has 1 aromatic carbocycles. The second-order valence-corrected chi connectivity index (χ2v) is 16.2. The van der Waals surface area contributed by atoms with Crippen LogP contribution in [0.15, 0.2) is 60.9 Å². The largest absolute Gasteiger partial charge is 0.250 e. The van der Waals surface area contributed by atoms with Gasteiger partial charge in [-0.2, -0.15) is 0 Å². The number of thiophene rings is 3. The number of hydrogen-bond acceptors (Lipinski definition) is 7. The second kappa shape index (κ2) is 16.8. The minimum absolute atomic E-state index is 1.15. The number of aryl methyl sites for hydroxylation is 10. The first kappa shape index (κ1) is 33.0. The van der Waals surface area contributed by atoms with Crippen LogP contribution in [0.2, 0.25) is 0 Å². The third kappa shape index (κ3) is 13.6. The molecule has 5 aromatic heterocycles. The van der Waals surface area contributed by atoms with E-state index in [1.807, 2.05) is 60.3 Å². The third-order valence-corrected chi connectivity index (χ3v) is 9.72. The monoisotopic (exact) mass is 612 g/mol. The summed E-state index contributed by atoms with van der Waals surface area (Å²) in [6.45, 7) is 20.9. The highest BCUT2D eigenvalue weighted by Gasteiger charge is 2.00. The van der Waals surface area contributed by atoms with E-state index in [2.05, 4.69) is 114 Å². The Labute approximate surface area is 255 Å². The Kier molecular flexibility index (Phi) is 14.3. The second-order valence-electron chi connectivity index (χ2n) is 9.23. The van der Waals surface area contributed by atoms with Gasteiger partial charge in [0.2, 0.25) is 0 Å². The lowest BCUT2D eigenvalue weighted by molar-refractivity contribution is 1.28. The lowest BCUT2D eigenvalue weighted by atomic mass is 10.2. The van der Waals surface area contributed by atoms with Crippen LogP contribution in [0.4, 0.5) is 0 Å². The van der Waals surface area contributed by atoms with E-state index >= 15 is 0 Å². The normalized spacial score (nSPS) is 9.79. The number of hydrogen-bond donors (Lipinski definition) is 0. The van der Waals surface area contributed by atoms with Crippen LogP contribution in [0, 0.1) is 69.2 Å². The molecule has 0 fully saturated rings. The number of aromatic nitrogens is 2. The third-order valence-electron chi connectivity index (χ3n) is 5.02. The van der Waals surface area contributed by atoms with E-state index in [0.717, 1.165) is 10.0 Å². The zero-order valence-electron chi connectivity index (χ0n) is 24.7. The zero-order chi connectivity index (χ0) is 28.9.